The molecule has 124 valence electrons. The molecular formula is C18H16N6O. The van der Waals surface area contributed by atoms with Crippen molar-refractivity contribution in [2.75, 3.05) is 31.2 Å². The highest BCUT2D eigenvalue weighted by molar-refractivity contribution is 6.12. The number of anilines is 1. The first-order valence-corrected chi connectivity index (χ1v) is 8.27. The van der Waals surface area contributed by atoms with Crippen molar-refractivity contribution in [1.82, 2.24) is 25.1 Å². The van der Waals surface area contributed by atoms with Gasteiger partial charge >= 0.3 is 0 Å². The summed E-state index contributed by atoms with van der Waals surface area (Å²) in [6.45, 7) is 3.10. The van der Waals surface area contributed by atoms with Gasteiger partial charge in [-0.15, -0.1) is 10.2 Å². The third-order valence-electron chi connectivity index (χ3n) is 4.59. The average Bonchev–Trinajstić information content (AvgIpc) is 3.22. The van der Waals surface area contributed by atoms with Crippen LogP contribution in [0, 0.1) is 0 Å². The molecule has 0 amide bonds. The first-order chi connectivity index (χ1) is 12.4. The highest BCUT2D eigenvalue weighted by atomic mass is 16.5. The smallest absolute Gasteiger partial charge is 0.163 e. The van der Waals surface area contributed by atoms with E-state index in [9.17, 15) is 0 Å². The fourth-order valence-electron chi connectivity index (χ4n) is 3.40. The van der Waals surface area contributed by atoms with Crippen LogP contribution in [0.2, 0.25) is 0 Å². The molecule has 7 nitrogen and oxygen atoms in total. The molecule has 7 heteroatoms. The van der Waals surface area contributed by atoms with E-state index in [0.717, 1.165) is 59.4 Å². The van der Waals surface area contributed by atoms with Crippen molar-refractivity contribution in [3.8, 4) is 11.4 Å². The van der Waals surface area contributed by atoms with Crippen molar-refractivity contribution in [1.29, 1.82) is 0 Å². The normalized spacial score (nSPS) is 15.1. The van der Waals surface area contributed by atoms with Gasteiger partial charge in [-0.2, -0.15) is 0 Å². The zero-order valence-electron chi connectivity index (χ0n) is 13.5. The highest BCUT2D eigenvalue weighted by Crippen LogP contribution is 2.34. The lowest BCUT2D eigenvalue weighted by molar-refractivity contribution is 0.122. The van der Waals surface area contributed by atoms with Crippen LogP contribution in [0.4, 0.5) is 5.82 Å². The average molecular weight is 332 g/mol. The van der Waals surface area contributed by atoms with E-state index in [-0.39, 0.29) is 0 Å². The van der Waals surface area contributed by atoms with E-state index in [1.807, 2.05) is 30.6 Å². The maximum absolute atomic E-state index is 5.50. The number of H-pyrrole nitrogens is 1. The molecule has 4 heterocycles. The maximum Gasteiger partial charge on any atom is 0.163 e. The van der Waals surface area contributed by atoms with Crippen LogP contribution >= 0.6 is 0 Å². The number of aromatic amines is 1. The second-order valence-corrected chi connectivity index (χ2v) is 6.00. The van der Waals surface area contributed by atoms with Crippen LogP contribution < -0.4 is 4.90 Å². The second kappa shape index (κ2) is 5.78. The summed E-state index contributed by atoms with van der Waals surface area (Å²) in [5, 5.41) is 11.3. The topological polar surface area (TPSA) is 79.8 Å². The van der Waals surface area contributed by atoms with Crippen LogP contribution in [-0.2, 0) is 4.74 Å². The molecule has 1 aliphatic heterocycles. The Labute approximate surface area is 143 Å². The molecule has 0 saturated carbocycles. The van der Waals surface area contributed by atoms with E-state index in [0.29, 0.717) is 5.82 Å². The Morgan fingerprint density at radius 3 is 2.80 bits per heavy atom. The molecule has 1 aromatic carbocycles. The summed E-state index contributed by atoms with van der Waals surface area (Å²) in [5.41, 5.74) is 1.84. The number of aromatic nitrogens is 5. The summed E-state index contributed by atoms with van der Waals surface area (Å²) >= 11 is 0. The highest BCUT2D eigenvalue weighted by Gasteiger charge is 2.19. The lowest BCUT2D eigenvalue weighted by Gasteiger charge is -2.29. The van der Waals surface area contributed by atoms with Gasteiger partial charge in [0.25, 0.3) is 0 Å². The Morgan fingerprint density at radius 1 is 1.04 bits per heavy atom. The predicted octanol–water partition coefficient (Wildman–Crippen LogP) is 2.40. The summed E-state index contributed by atoms with van der Waals surface area (Å²) in [5.74, 6) is 1.69. The van der Waals surface area contributed by atoms with Gasteiger partial charge in [-0.25, -0.2) is 4.98 Å². The fraction of sp³-hybridized carbons (Fsp3) is 0.222. The van der Waals surface area contributed by atoms with Crippen LogP contribution in [0.5, 0.6) is 0 Å². The van der Waals surface area contributed by atoms with Gasteiger partial charge in [0.05, 0.1) is 18.7 Å². The van der Waals surface area contributed by atoms with Gasteiger partial charge in [-0.1, -0.05) is 12.1 Å². The maximum atomic E-state index is 5.50. The summed E-state index contributed by atoms with van der Waals surface area (Å²) in [4.78, 5) is 14.7. The van der Waals surface area contributed by atoms with Crippen molar-refractivity contribution in [2.24, 2.45) is 0 Å². The van der Waals surface area contributed by atoms with E-state index in [1.54, 1.807) is 6.33 Å². The van der Waals surface area contributed by atoms with E-state index in [1.165, 1.54) is 0 Å². The van der Waals surface area contributed by atoms with Crippen molar-refractivity contribution < 1.29 is 4.74 Å². The SMILES string of the molecule is c1cc(-c2nnc[nH]2)c2nc(N3CCOCC3)c3ccncc3c2c1. The van der Waals surface area contributed by atoms with Gasteiger partial charge < -0.3 is 14.6 Å². The van der Waals surface area contributed by atoms with Crippen molar-refractivity contribution in [2.45, 2.75) is 0 Å². The lowest BCUT2D eigenvalue weighted by Crippen LogP contribution is -2.36. The Hall–Kier alpha value is -3.06. The van der Waals surface area contributed by atoms with Gasteiger partial charge in [0.15, 0.2) is 5.82 Å². The van der Waals surface area contributed by atoms with E-state index in [4.69, 9.17) is 9.72 Å². The molecule has 0 aliphatic carbocycles. The summed E-state index contributed by atoms with van der Waals surface area (Å²) in [6.07, 6.45) is 5.31. The number of ether oxygens (including phenoxy) is 1. The number of nitrogens with zero attached hydrogens (tertiary/aromatic N) is 5. The summed E-state index contributed by atoms with van der Waals surface area (Å²) in [7, 11) is 0. The van der Waals surface area contributed by atoms with E-state index in [2.05, 4.69) is 31.1 Å². The van der Waals surface area contributed by atoms with Crippen molar-refractivity contribution in [3.63, 3.8) is 0 Å². The molecule has 3 aromatic heterocycles. The Balaban J connectivity index is 1.84. The third kappa shape index (κ3) is 2.32. The Kier molecular flexibility index (Phi) is 3.31. The molecule has 0 radical (unpaired) electrons. The van der Waals surface area contributed by atoms with Crippen LogP contribution in [0.15, 0.2) is 43.0 Å². The quantitative estimate of drug-likeness (QED) is 0.568. The molecule has 5 rings (SSSR count). The molecule has 0 unspecified atom stereocenters. The number of rotatable bonds is 2. The van der Waals surface area contributed by atoms with E-state index < -0.39 is 0 Å². The first-order valence-electron chi connectivity index (χ1n) is 8.27. The minimum Gasteiger partial charge on any atom is -0.378 e. The minimum atomic E-state index is 0.717. The largest absolute Gasteiger partial charge is 0.378 e. The molecule has 0 atom stereocenters. The fourth-order valence-corrected chi connectivity index (χ4v) is 3.40. The Bertz CT molecular complexity index is 1040. The number of para-hydroxylation sites is 1. The first kappa shape index (κ1) is 14.3. The number of fused-ring (bicyclic) bond motifs is 3. The number of morpholine rings is 1. The summed E-state index contributed by atoms with van der Waals surface area (Å²) in [6, 6.07) is 8.15. The van der Waals surface area contributed by atoms with Crippen molar-refractivity contribution in [3.05, 3.63) is 43.0 Å². The van der Waals surface area contributed by atoms with Crippen LogP contribution in [0.1, 0.15) is 0 Å². The van der Waals surface area contributed by atoms with Crippen LogP contribution in [0.3, 0.4) is 0 Å². The van der Waals surface area contributed by atoms with Crippen LogP contribution in [0.25, 0.3) is 33.1 Å². The number of hydrogen-bond donors (Lipinski definition) is 1. The van der Waals surface area contributed by atoms with Gasteiger partial charge in [0.2, 0.25) is 0 Å². The van der Waals surface area contributed by atoms with E-state index >= 15 is 0 Å². The number of hydrogen-bond acceptors (Lipinski definition) is 6. The molecule has 1 saturated heterocycles. The molecule has 25 heavy (non-hydrogen) atoms. The standard InChI is InChI=1S/C18H16N6O/c1-2-12-15-10-19-5-4-13(15)18(24-6-8-25-9-7-24)22-16(12)14(3-1)17-20-11-21-23-17/h1-5,10-11H,6-9H2,(H,20,21,23). The van der Waals surface area contributed by atoms with Crippen LogP contribution in [-0.4, -0.2) is 51.5 Å². The Morgan fingerprint density at radius 2 is 1.96 bits per heavy atom. The number of pyridine rings is 2. The van der Waals surface area contributed by atoms with Gasteiger partial charge in [0, 0.05) is 47.2 Å². The lowest BCUT2D eigenvalue weighted by atomic mass is 10.0. The molecule has 0 bridgehead atoms. The summed E-state index contributed by atoms with van der Waals surface area (Å²) < 4.78 is 5.50. The third-order valence-corrected chi connectivity index (χ3v) is 4.59. The van der Waals surface area contributed by atoms with Gasteiger partial charge in [-0.05, 0) is 12.1 Å². The molecular weight excluding hydrogens is 316 g/mol. The molecule has 0 spiro atoms. The van der Waals surface area contributed by atoms with Gasteiger partial charge in [-0.3, -0.25) is 4.98 Å². The predicted molar refractivity (Wildman–Crippen MR) is 95.5 cm³/mol. The second-order valence-electron chi connectivity index (χ2n) is 6.00. The molecule has 1 N–H and O–H groups in total. The number of benzene rings is 1. The zero-order valence-corrected chi connectivity index (χ0v) is 13.5. The van der Waals surface area contributed by atoms with Gasteiger partial charge in [0.1, 0.15) is 12.1 Å². The monoisotopic (exact) mass is 332 g/mol. The molecule has 4 aromatic rings. The number of nitrogens with one attached hydrogen (secondary N) is 1. The van der Waals surface area contributed by atoms with Crippen molar-refractivity contribution >= 4 is 27.5 Å². The zero-order chi connectivity index (χ0) is 16.6. The molecule has 1 aliphatic rings. The molecule has 1 fully saturated rings. The minimum absolute atomic E-state index is 0.717.